The van der Waals surface area contributed by atoms with Crippen molar-refractivity contribution >= 4 is 38.5 Å². The van der Waals surface area contributed by atoms with Gasteiger partial charge >= 0.3 is 0 Å². The van der Waals surface area contributed by atoms with E-state index in [0.717, 1.165) is 17.7 Å². The molecule has 0 spiro atoms. The fourth-order valence-corrected chi connectivity index (χ4v) is 3.88. The summed E-state index contributed by atoms with van der Waals surface area (Å²) in [5.41, 5.74) is 0.341. The van der Waals surface area contributed by atoms with Crippen LogP contribution in [-0.4, -0.2) is 14.9 Å². The highest BCUT2D eigenvalue weighted by Crippen LogP contribution is 2.39. The van der Waals surface area contributed by atoms with Gasteiger partial charge in [-0.3, -0.25) is 9.36 Å². The Labute approximate surface area is 130 Å². The molecule has 1 heterocycles. The van der Waals surface area contributed by atoms with Gasteiger partial charge in [0.05, 0.1) is 3.57 Å². The molecule has 0 amide bonds. The van der Waals surface area contributed by atoms with E-state index in [4.69, 9.17) is 0 Å². The Morgan fingerprint density at radius 3 is 2.72 bits per heavy atom. The van der Waals surface area contributed by atoms with Crippen LogP contribution in [0.5, 0.6) is 0 Å². The van der Waals surface area contributed by atoms with E-state index in [1.54, 1.807) is 6.20 Å². The number of hydrogen-bond acceptors (Lipinski definition) is 2. The zero-order valence-electron chi connectivity index (χ0n) is 10.6. The summed E-state index contributed by atoms with van der Waals surface area (Å²) in [5.74, 6) is 0.825. The lowest BCUT2D eigenvalue weighted by atomic mass is 9.75. The van der Waals surface area contributed by atoms with Crippen LogP contribution < -0.4 is 5.56 Å². The molecule has 1 saturated carbocycles. The lowest BCUT2D eigenvalue weighted by molar-refractivity contribution is 0.186. The fourth-order valence-electron chi connectivity index (χ4n) is 2.71. The molecule has 0 aromatic carbocycles. The minimum absolute atomic E-state index is 0.106. The molecule has 18 heavy (non-hydrogen) atoms. The molecule has 0 radical (unpaired) electrons. The smallest absolute Gasteiger partial charge is 0.266 e. The van der Waals surface area contributed by atoms with Gasteiger partial charge < -0.3 is 0 Å². The summed E-state index contributed by atoms with van der Waals surface area (Å²) in [6.45, 7) is 2.72. The van der Waals surface area contributed by atoms with Gasteiger partial charge in [-0.25, -0.2) is 4.98 Å². The minimum Gasteiger partial charge on any atom is -0.295 e. The molecule has 0 aliphatic heterocycles. The van der Waals surface area contributed by atoms with Crippen LogP contribution in [0.1, 0.15) is 37.9 Å². The molecule has 2 rings (SSSR count). The lowest BCUT2D eigenvalue weighted by Gasteiger charge is -2.36. The molecule has 0 bridgehead atoms. The Hall–Kier alpha value is 0.0900. The molecular formula is C13H18BrIN2O. The van der Waals surface area contributed by atoms with Gasteiger partial charge in [-0.05, 0) is 47.8 Å². The van der Waals surface area contributed by atoms with Crippen molar-refractivity contribution < 1.29 is 0 Å². The Balaban J connectivity index is 2.32. The third-order valence-corrected chi connectivity index (χ3v) is 5.83. The quantitative estimate of drug-likeness (QED) is 0.549. The van der Waals surface area contributed by atoms with Crippen LogP contribution in [0, 0.1) is 15.9 Å². The van der Waals surface area contributed by atoms with Gasteiger partial charge in [0.15, 0.2) is 0 Å². The van der Waals surface area contributed by atoms with E-state index >= 15 is 0 Å². The number of halogens is 2. The van der Waals surface area contributed by atoms with Crippen LogP contribution in [0.2, 0.25) is 0 Å². The van der Waals surface area contributed by atoms with Crippen molar-refractivity contribution in [2.75, 3.05) is 5.33 Å². The molecule has 3 nitrogen and oxygen atoms in total. The highest BCUT2D eigenvalue weighted by atomic mass is 127. The third-order valence-electron chi connectivity index (χ3n) is 3.90. The second-order valence-electron chi connectivity index (χ2n) is 5.24. The SMILES string of the molecule is Cc1ncc(I)c(=O)n1CC1(CBr)CCCCC1. The Kier molecular flexibility index (Phi) is 4.86. The number of aryl methyl sites for hydroxylation is 1. The second-order valence-corrected chi connectivity index (χ2v) is 6.96. The van der Waals surface area contributed by atoms with Gasteiger partial charge in [-0.15, -0.1) is 0 Å². The molecule has 0 saturated heterocycles. The summed E-state index contributed by atoms with van der Waals surface area (Å²) in [4.78, 5) is 16.5. The maximum absolute atomic E-state index is 12.2. The standard InChI is InChI=1S/C13H18BrIN2O/c1-10-16-7-11(15)12(18)17(10)9-13(8-14)5-3-2-4-6-13/h7H,2-6,8-9H2,1H3. The summed E-state index contributed by atoms with van der Waals surface area (Å²) < 4.78 is 2.56. The molecule has 0 unspecified atom stereocenters. The van der Waals surface area contributed by atoms with Crippen molar-refractivity contribution in [3.05, 3.63) is 25.9 Å². The number of nitrogens with zero attached hydrogens (tertiary/aromatic N) is 2. The molecule has 1 aliphatic rings. The van der Waals surface area contributed by atoms with E-state index in [1.165, 1.54) is 32.1 Å². The zero-order chi connectivity index (χ0) is 13.2. The van der Waals surface area contributed by atoms with Crippen LogP contribution in [-0.2, 0) is 6.54 Å². The van der Waals surface area contributed by atoms with Crippen molar-refractivity contribution in [1.29, 1.82) is 0 Å². The summed E-state index contributed by atoms with van der Waals surface area (Å²) in [6, 6.07) is 0. The summed E-state index contributed by atoms with van der Waals surface area (Å²) in [7, 11) is 0. The molecular weight excluding hydrogens is 407 g/mol. The first-order valence-electron chi connectivity index (χ1n) is 6.36. The maximum Gasteiger partial charge on any atom is 0.266 e. The Morgan fingerprint density at radius 2 is 2.11 bits per heavy atom. The molecule has 1 aromatic rings. The Morgan fingerprint density at radius 1 is 1.44 bits per heavy atom. The largest absolute Gasteiger partial charge is 0.295 e. The van der Waals surface area contributed by atoms with Crippen LogP contribution in [0.25, 0.3) is 0 Å². The number of rotatable bonds is 3. The van der Waals surface area contributed by atoms with Gasteiger partial charge in [0.2, 0.25) is 0 Å². The average molecular weight is 425 g/mol. The molecule has 1 fully saturated rings. The van der Waals surface area contributed by atoms with Crippen LogP contribution in [0.3, 0.4) is 0 Å². The first-order valence-corrected chi connectivity index (χ1v) is 8.56. The van der Waals surface area contributed by atoms with E-state index < -0.39 is 0 Å². The van der Waals surface area contributed by atoms with Crippen molar-refractivity contribution in [1.82, 2.24) is 9.55 Å². The predicted octanol–water partition coefficient (Wildman–Crippen LogP) is 3.50. The van der Waals surface area contributed by atoms with Crippen molar-refractivity contribution in [2.45, 2.75) is 45.6 Å². The van der Waals surface area contributed by atoms with Crippen LogP contribution >= 0.6 is 38.5 Å². The third kappa shape index (κ3) is 2.98. The first-order chi connectivity index (χ1) is 8.58. The molecule has 1 aliphatic carbocycles. The average Bonchev–Trinajstić information content (AvgIpc) is 2.40. The fraction of sp³-hybridized carbons (Fsp3) is 0.692. The predicted molar refractivity (Wildman–Crippen MR) is 85.3 cm³/mol. The van der Waals surface area contributed by atoms with E-state index in [-0.39, 0.29) is 11.0 Å². The highest BCUT2D eigenvalue weighted by molar-refractivity contribution is 14.1. The first kappa shape index (κ1) is 14.5. The van der Waals surface area contributed by atoms with E-state index in [2.05, 4.69) is 43.5 Å². The molecule has 0 atom stereocenters. The zero-order valence-corrected chi connectivity index (χ0v) is 14.3. The van der Waals surface area contributed by atoms with Crippen molar-refractivity contribution in [3.63, 3.8) is 0 Å². The van der Waals surface area contributed by atoms with Gasteiger partial charge in [0.1, 0.15) is 5.82 Å². The number of hydrogen-bond donors (Lipinski definition) is 0. The maximum atomic E-state index is 12.2. The monoisotopic (exact) mass is 424 g/mol. The normalized spacial score (nSPS) is 18.8. The van der Waals surface area contributed by atoms with E-state index in [0.29, 0.717) is 3.57 Å². The van der Waals surface area contributed by atoms with Gasteiger partial charge in [-0.2, -0.15) is 0 Å². The molecule has 0 N–H and O–H groups in total. The summed E-state index contributed by atoms with van der Waals surface area (Å²) >= 11 is 5.73. The molecule has 1 aromatic heterocycles. The molecule has 100 valence electrons. The highest BCUT2D eigenvalue weighted by Gasteiger charge is 2.32. The van der Waals surface area contributed by atoms with Gasteiger partial charge in [0.25, 0.3) is 5.56 Å². The summed E-state index contributed by atoms with van der Waals surface area (Å²) in [5, 5.41) is 0.970. The van der Waals surface area contributed by atoms with Crippen LogP contribution in [0.4, 0.5) is 0 Å². The number of aromatic nitrogens is 2. The topological polar surface area (TPSA) is 34.9 Å². The van der Waals surface area contributed by atoms with E-state index in [1.807, 2.05) is 11.5 Å². The molecule has 5 heteroatoms. The Bertz CT molecular complexity index is 480. The van der Waals surface area contributed by atoms with Crippen molar-refractivity contribution in [3.8, 4) is 0 Å². The minimum atomic E-state index is 0.106. The second kappa shape index (κ2) is 6.03. The van der Waals surface area contributed by atoms with E-state index in [9.17, 15) is 4.79 Å². The lowest BCUT2D eigenvalue weighted by Crippen LogP contribution is -2.37. The van der Waals surface area contributed by atoms with Gasteiger partial charge in [0, 0.05) is 18.1 Å². The number of alkyl halides is 1. The van der Waals surface area contributed by atoms with Crippen molar-refractivity contribution in [2.24, 2.45) is 5.41 Å². The van der Waals surface area contributed by atoms with Gasteiger partial charge in [-0.1, -0.05) is 35.2 Å². The van der Waals surface area contributed by atoms with Crippen LogP contribution in [0.15, 0.2) is 11.0 Å². The summed E-state index contributed by atoms with van der Waals surface area (Å²) in [6.07, 6.45) is 7.95.